The Balaban J connectivity index is 1.23. The smallest absolute Gasteiger partial charge is 0.407 e. The number of hydrogen-bond donors (Lipinski definition) is 2. The topological polar surface area (TPSA) is 106 Å². The van der Waals surface area contributed by atoms with E-state index in [1.165, 1.54) is 21.7 Å². The van der Waals surface area contributed by atoms with Gasteiger partial charge in [0.25, 0.3) is 0 Å². The van der Waals surface area contributed by atoms with Gasteiger partial charge in [0.1, 0.15) is 17.5 Å². The molecule has 3 aliphatic heterocycles. The van der Waals surface area contributed by atoms with Crippen molar-refractivity contribution in [2.24, 2.45) is 0 Å². The molecule has 188 valence electrons. The van der Waals surface area contributed by atoms with Crippen LogP contribution in [-0.4, -0.2) is 73.3 Å². The predicted molar refractivity (Wildman–Crippen MR) is 126 cm³/mol. The lowest BCUT2D eigenvalue weighted by atomic mass is 10.0. The van der Waals surface area contributed by atoms with Crippen molar-refractivity contribution in [2.45, 2.75) is 43.8 Å². The average molecular weight is 498 g/mol. The molecule has 3 atom stereocenters. The largest absolute Gasteiger partial charge is 0.465 e. The highest BCUT2D eigenvalue weighted by molar-refractivity contribution is 5.89. The Morgan fingerprint density at radius 1 is 1.06 bits per heavy atom. The highest BCUT2D eigenvalue weighted by atomic mass is 19.1. The van der Waals surface area contributed by atoms with Crippen LogP contribution in [0.3, 0.4) is 0 Å². The Bertz CT molecular complexity index is 1330. The summed E-state index contributed by atoms with van der Waals surface area (Å²) >= 11 is 0. The van der Waals surface area contributed by atoms with Gasteiger partial charge in [-0.25, -0.2) is 23.4 Å². The summed E-state index contributed by atoms with van der Waals surface area (Å²) in [6, 6.07) is 5.94. The number of anilines is 2. The number of halogens is 2. The van der Waals surface area contributed by atoms with Crippen LogP contribution in [0.5, 0.6) is 0 Å². The summed E-state index contributed by atoms with van der Waals surface area (Å²) in [4.78, 5) is 33.9. The fourth-order valence-corrected chi connectivity index (χ4v) is 5.81. The van der Waals surface area contributed by atoms with Gasteiger partial charge < -0.3 is 14.9 Å². The van der Waals surface area contributed by atoms with Crippen LogP contribution in [0.4, 0.5) is 30.0 Å². The molecule has 3 aliphatic rings. The quantitative estimate of drug-likeness (QED) is 0.572. The molecule has 5 heterocycles. The van der Waals surface area contributed by atoms with E-state index < -0.39 is 17.7 Å². The lowest BCUT2D eigenvalue weighted by Gasteiger charge is -2.39. The SMILES string of the molecule is O=C(Nc1cnc2ccc(N3CCC[C@@H]3c3cc(F)ccc3F)nn12)N1CC2CCC(C1)N2C(=O)O. The zero-order valence-corrected chi connectivity index (χ0v) is 19.3. The van der Waals surface area contributed by atoms with Crippen LogP contribution in [0.1, 0.15) is 37.3 Å². The maximum Gasteiger partial charge on any atom is 0.407 e. The second-order valence-corrected chi connectivity index (χ2v) is 9.53. The Kier molecular flexibility index (Phi) is 5.38. The van der Waals surface area contributed by atoms with E-state index in [-0.39, 0.29) is 24.2 Å². The van der Waals surface area contributed by atoms with Crippen molar-refractivity contribution >= 4 is 29.4 Å². The molecular weight excluding hydrogens is 472 g/mol. The number of carbonyl (C=O) groups excluding carboxylic acids is 1. The third-order valence-corrected chi connectivity index (χ3v) is 7.44. The number of urea groups is 1. The van der Waals surface area contributed by atoms with Gasteiger partial charge in [-0.2, -0.15) is 4.52 Å². The Labute approximate surface area is 205 Å². The molecule has 12 heteroatoms. The Hall–Kier alpha value is -3.96. The maximum absolute atomic E-state index is 14.5. The molecule has 3 amide bonds. The molecule has 0 saturated carbocycles. The highest BCUT2D eigenvalue weighted by Crippen LogP contribution is 2.37. The predicted octanol–water partition coefficient (Wildman–Crippen LogP) is 3.71. The van der Waals surface area contributed by atoms with Crippen molar-refractivity contribution < 1.29 is 23.5 Å². The third-order valence-electron chi connectivity index (χ3n) is 7.44. The molecule has 0 radical (unpaired) electrons. The molecule has 2 unspecified atom stereocenters. The van der Waals surface area contributed by atoms with Crippen LogP contribution in [-0.2, 0) is 0 Å². The number of piperazine rings is 1. The van der Waals surface area contributed by atoms with Gasteiger partial charge in [-0.05, 0) is 56.0 Å². The zero-order valence-electron chi connectivity index (χ0n) is 19.3. The minimum absolute atomic E-state index is 0.200. The lowest BCUT2D eigenvalue weighted by Crippen LogP contribution is -2.57. The van der Waals surface area contributed by atoms with Crippen LogP contribution in [0.2, 0.25) is 0 Å². The molecule has 3 saturated heterocycles. The molecule has 3 aromatic rings. The first-order valence-corrected chi connectivity index (χ1v) is 12.0. The van der Waals surface area contributed by atoms with Crippen LogP contribution >= 0.6 is 0 Å². The molecule has 36 heavy (non-hydrogen) atoms. The molecule has 6 rings (SSSR count). The molecule has 0 aliphatic carbocycles. The minimum Gasteiger partial charge on any atom is -0.465 e. The monoisotopic (exact) mass is 497 g/mol. The van der Waals surface area contributed by atoms with Crippen molar-refractivity contribution in [3.8, 4) is 0 Å². The van der Waals surface area contributed by atoms with Gasteiger partial charge in [-0.1, -0.05) is 0 Å². The fraction of sp³-hybridized carbons (Fsp3) is 0.417. The van der Waals surface area contributed by atoms with Gasteiger partial charge in [0.15, 0.2) is 11.5 Å². The second kappa shape index (κ2) is 8.61. The summed E-state index contributed by atoms with van der Waals surface area (Å²) in [5.74, 6) is -0.00589. The summed E-state index contributed by atoms with van der Waals surface area (Å²) in [5.41, 5.74) is 0.821. The number of nitrogens with one attached hydrogen (secondary N) is 1. The van der Waals surface area contributed by atoms with Gasteiger partial charge in [0, 0.05) is 25.2 Å². The average Bonchev–Trinajstić information content (AvgIpc) is 3.56. The number of nitrogens with zero attached hydrogens (tertiary/aromatic N) is 6. The number of likely N-dealkylation sites (tertiary alicyclic amines) is 1. The van der Waals surface area contributed by atoms with Crippen molar-refractivity contribution in [1.82, 2.24) is 24.4 Å². The standard InChI is InChI=1S/C24H25F2N7O3/c25-14-3-6-18(26)17(10-14)19-2-1-9-31(19)21-8-7-20-27-11-22(33(20)29-21)28-23(34)30-12-15-4-5-16(13-30)32(15)24(35)36/h3,6-8,10-11,15-16,19H,1-2,4-5,9,12-13H2,(H,28,34)(H,35,36)/t15?,16?,19-/m1/s1. The van der Waals surface area contributed by atoms with Gasteiger partial charge in [-0.3, -0.25) is 10.2 Å². The summed E-state index contributed by atoms with van der Waals surface area (Å²) in [5, 5.41) is 17.0. The van der Waals surface area contributed by atoms with Crippen LogP contribution in [0.25, 0.3) is 5.65 Å². The van der Waals surface area contributed by atoms with E-state index >= 15 is 0 Å². The Morgan fingerprint density at radius 3 is 2.58 bits per heavy atom. The van der Waals surface area contributed by atoms with Gasteiger partial charge >= 0.3 is 12.1 Å². The minimum atomic E-state index is -0.945. The molecule has 2 N–H and O–H groups in total. The number of imidazole rings is 1. The molecule has 0 spiro atoms. The molecule has 2 bridgehead atoms. The fourth-order valence-electron chi connectivity index (χ4n) is 5.81. The summed E-state index contributed by atoms with van der Waals surface area (Å²) < 4.78 is 29.9. The van der Waals surface area contributed by atoms with Gasteiger partial charge in [0.2, 0.25) is 0 Å². The summed E-state index contributed by atoms with van der Waals surface area (Å²) in [7, 11) is 0. The van der Waals surface area contributed by atoms with E-state index in [0.717, 1.165) is 31.4 Å². The molecule has 10 nitrogen and oxygen atoms in total. The second-order valence-electron chi connectivity index (χ2n) is 9.53. The number of aromatic nitrogens is 3. The number of hydrogen-bond acceptors (Lipinski definition) is 5. The van der Waals surface area contributed by atoms with E-state index in [2.05, 4.69) is 15.4 Å². The lowest BCUT2D eigenvalue weighted by molar-refractivity contribution is 0.0760. The van der Waals surface area contributed by atoms with E-state index in [1.807, 2.05) is 4.90 Å². The van der Waals surface area contributed by atoms with Gasteiger partial charge in [0.05, 0.1) is 24.3 Å². The van der Waals surface area contributed by atoms with Crippen molar-refractivity contribution in [2.75, 3.05) is 29.9 Å². The highest BCUT2D eigenvalue weighted by Gasteiger charge is 2.44. The van der Waals surface area contributed by atoms with Crippen molar-refractivity contribution in [3.63, 3.8) is 0 Å². The van der Waals surface area contributed by atoms with E-state index in [0.29, 0.717) is 48.9 Å². The summed E-state index contributed by atoms with van der Waals surface area (Å²) in [6.07, 6.45) is 3.52. The first kappa shape index (κ1) is 22.5. The van der Waals surface area contributed by atoms with E-state index in [4.69, 9.17) is 0 Å². The zero-order chi connectivity index (χ0) is 25.0. The molecule has 2 aromatic heterocycles. The number of amides is 3. The number of rotatable bonds is 3. The number of carboxylic acid groups (broad SMARTS) is 1. The number of benzene rings is 1. The van der Waals surface area contributed by atoms with Crippen molar-refractivity contribution in [1.29, 1.82) is 0 Å². The normalized spacial score (nSPS) is 23.5. The molecule has 3 fully saturated rings. The maximum atomic E-state index is 14.5. The number of fused-ring (bicyclic) bond motifs is 3. The summed E-state index contributed by atoms with van der Waals surface area (Å²) in [6.45, 7) is 1.30. The van der Waals surface area contributed by atoms with Gasteiger partial charge in [-0.15, -0.1) is 5.10 Å². The first-order valence-electron chi connectivity index (χ1n) is 12.0. The van der Waals surface area contributed by atoms with E-state index in [1.54, 1.807) is 17.0 Å². The first-order chi connectivity index (χ1) is 17.4. The van der Waals surface area contributed by atoms with Crippen LogP contribution in [0, 0.1) is 11.6 Å². The molecular formula is C24H25F2N7O3. The van der Waals surface area contributed by atoms with Crippen molar-refractivity contribution in [3.05, 3.63) is 53.7 Å². The van der Waals surface area contributed by atoms with Crippen LogP contribution in [0.15, 0.2) is 36.5 Å². The molecule has 1 aromatic carbocycles. The van der Waals surface area contributed by atoms with Crippen LogP contribution < -0.4 is 10.2 Å². The van der Waals surface area contributed by atoms with E-state index in [9.17, 15) is 23.5 Å². The Morgan fingerprint density at radius 2 is 1.83 bits per heavy atom. The number of carbonyl (C=O) groups is 2. The third kappa shape index (κ3) is 3.76.